The molecule has 0 saturated carbocycles. The summed E-state index contributed by atoms with van der Waals surface area (Å²) in [6, 6.07) is 24.9. The fourth-order valence-corrected chi connectivity index (χ4v) is 3.88. The third-order valence-corrected chi connectivity index (χ3v) is 5.49. The minimum atomic E-state index is -0.250. The van der Waals surface area contributed by atoms with Crippen molar-refractivity contribution < 1.29 is 9.59 Å². The quantitative estimate of drug-likeness (QED) is 0.718. The van der Waals surface area contributed by atoms with E-state index in [1.807, 2.05) is 66.7 Å². The number of anilines is 1. The summed E-state index contributed by atoms with van der Waals surface area (Å²) in [7, 11) is 0. The lowest BCUT2D eigenvalue weighted by Crippen LogP contribution is -2.29. The van der Waals surface area contributed by atoms with Gasteiger partial charge in [-0.25, -0.2) is 0 Å². The lowest BCUT2D eigenvalue weighted by Gasteiger charge is -2.21. The van der Waals surface area contributed by atoms with Gasteiger partial charge in [0.15, 0.2) is 0 Å². The van der Waals surface area contributed by atoms with E-state index in [-0.39, 0.29) is 17.9 Å². The zero-order valence-electron chi connectivity index (χ0n) is 14.5. The molecule has 0 fully saturated rings. The van der Waals surface area contributed by atoms with Crippen LogP contribution in [-0.2, 0) is 4.79 Å². The van der Waals surface area contributed by atoms with Crippen LogP contribution in [0.1, 0.15) is 27.5 Å². The first-order valence-electron chi connectivity index (χ1n) is 8.68. The van der Waals surface area contributed by atoms with Crippen molar-refractivity contribution in [1.29, 1.82) is 0 Å². The lowest BCUT2D eigenvalue weighted by molar-refractivity contribution is -0.113. The third kappa shape index (κ3) is 3.88. The minimum absolute atomic E-state index is 0.0449. The van der Waals surface area contributed by atoms with Crippen molar-refractivity contribution in [3.63, 3.8) is 0 Å². The number of benzene rings is 3. The van der Waals surface area contributed by atoms with Crippen LogP contribution in [0, 0.1) is 0 Å². The molecule has 1 heterocycles. The maximum Gasteiger partial charge on any atom is 0.252 e. The summed E-state index contributed by atoms with van der Waals surface area (Å²) in [4.78, 5) is 25.5. The van der Waals surface area contributed by atoms with Gasteiger partial charge >= 0.3 is 0 Å². The van der Waals surface area contributed by atoms with Crippen LogP contribution >= 0.6 is 11.8 Å². The van der Waals surface area contributed by atoms with E-state index in [0.29, 0.717) is 17.0 Å². The molecule has 0 saturated heterocycles. The zero-order chi connectivity index (χ0) is 18.6. The molecule has 1 aliphatic rings. The van der Waals surface area contributed by atoms with Crippen molar-refractivity contribution in [2.75, 3.05) is 11.1 Å². The first kappa shape index (κ1) is 17.4. The van der Waals surface area contributed by atoms with Gasteiger partial charge in [0.1, 0.15) is 0 Å². The molecule has 3 aromatic carbocycles. The molecule has 3 aromatic rings. The van der Waals surface area contributed by atoms with Gasteiger partial charge in [-0.3, -0.25) is 9.59 Å². The Morgan fingerprint density at radius 3 is 2.19 bits per heavy atom. The second-order valence-corrected chi connectivity index (χ2v) is 7.29. The number of carbonyl (C=O) groups excluding carboxylic acids is 2. The normalized spacial score (nSPS) is 13.0. The minimum Gasteiger partial charge on any atom is -0.341 e. The fraction of sp³-hybridized carbons (Fsp3) is 0.0909. The number of fused-ring (bicyclic) bond motifs is 1. The number of rotatable bonds is 4. The molecule has 0 aliphatic carbocycles. The highest BCUT2D eigenvalue weighted by Crippen LogP contribution is 2.32. The van der Waals surface area contributed by atoms with Gasteiger partial charge in [-0.1, -0.05) is 60.7 Å². The highest BCUT2D eigenvalue weighted by atomic mass is 32.2. The van der Waals surface area contributed by atoms with Gasteiger partial charge in [-0.15, -0.1) is 11.8 Å². The molecule has 0 unspecified atom stereocenters. The molecule has 5 heteroatoms. The van der Waals surface area contributed by atoms with Crippen LogP contribution in [0.4, 0.5) is 5.69 Å². The van der Waals surface area contributed by atoms with Crippen LogP contribution in [0.5, 0.6) is 0 Å². The molecule has 4 nitrogen and oxygen atoms in total. The molecule has 1 aliphatic heterocycles. The maximum atomic E-state index is 12.9. The van der Waals surface area contributed by atoms with Crippen molar-refractivity contribution in [2.45, 2.75) is 10.9 Å². The Morgan fingerprint density at radius 1 is 0.926 bits per heavy atom. The molecular weight excluding hydrogens is 356 g/mol. The highest BCUT2D eigenvalue weighted by Gasteiger charge is 2.20. The molecule has 0 radical (unpaired) electrons. The van der Waals surface area contributed by atoms with E-state index in [1.165, 1.54) is 11.8 Å². The summed E-state index contributed by atoms with van der Waals surface area (Å²) in [6.07, 6.45) is 0. The second-order valence-electron chi connectivity index (χ2n) is 6.28. The number of thioether (sulfide) groups is 1. The van der Waals surface area contributed by atoms with Crippen LogP contribution in [0.2, 0.25) is 0 Å². The van der Waals surface area contributed by atoms with Crippen LogP contribution in [0.15, 0.2) is 83.8 Å². The van der Waals surface area contributed by atoms with Gasteiger partial charge < -0.3 is 10.6 Å². The Morgan fingerprint density at radius 2 is 1.56 bits per heavy atom. The molecular formula is C22H18N2O2S. The molecule has 0 aromatic heterocycles. The number of hydrogen-bond acceptors (Lipinski definition) is 3. The molecule has 2 N–H and O–H groups in total. The molecule has 0 spiro atoms. The van der Waals surface area contributed by atoms with Crippen LogP contribution in [0.3, 0.4) is 0 Å². The SMILES string of the molecule is O=C1CSc2ccc(C(=O)NC(c3ccccc3)c3ccccc3)cc2N1. The van der Waals surface area contributed by atoms with Gasteiger partial charge in [-0.2, -0.15) is 0 Å². The average Bonchev–Trinajstić information content (AvgIpc) is 2.72. The Balaban J connectivity index is 1.63. The Bertz CT molecular complexity index is 935. The van der Waals surface area contributed by atoms with Gasteiger partial charge in [0.25, 0.3) is 5.91 Å². The van der Waals surface area contributed by atoms with Crippen molar-refractivity contribution in [3.8, 4) is 0 Å². The highest BCUT2D eigenvalue weighted by molar-refractivity contribution is 8.00. The van der Waals surface area contributed by atoms with Gasteiger partial charge in [0, 0.05) is 10.5 Å². The number of nitrogens with one attached hydrogen (secondary N) is 2. The topological polar surface area (TPSA) is 58.2 Å². The number of carbonyl (C=O) groups is 2. The smallest absolute Gasteiger partial charge is 0.252 e. The summed E-state index contributed by atoms with van der Waals surface area (Å²) < 4.78 is 0. The van der Waals surface area contributed by atoms with E-state index in [4.69, 9.17) is 0 Å². The molecule has 134 valence electrons. The van der Waals surface area contributed by atoms with Gasteiger partial charge in [-0.05, 0) is 29.3 Å². The van der Waals surface area contributed by atoms with Crippen molar-refractivity contribution in [1.82, 2.24) is 5.32 Å². The van der Waals surface area contributed by atoms with Gasteiger partial charge in [0.2, 0.25) is 5.91 Å². The molecule has 0 bridgehead atoms. The summed E-state index contributed by atoms with van der Waals surface area (Å²) >= 11 is 1.48. The molecule has 2 amide bonds. The van der Waals surface area contributed by atoms with Crippen molar-refractivity contribution in [3.05, 3.63) is 95.6 Å². The van der Waals surface area contributed by atoms with Crippen LogP contribution in [-0.4, -0.2) is 17.6 Å². The number of hydrogen-bond donors (Lipinski definition) is 2. The third-order valence-electron chi connectivity index (χ3n) is 4.42. The second kappa shape index (κ2) is 7.68. The Hall–Kier alpha value is -3.05. The van der Waals surface area contributed by atoms with Crippen LogP contribution < -0.4 is 10.6 Å². The summed E-state index contributed by atoms with van der Waals surface area (Å²) in [5.41, 5.74) is 3.24. The molecule has 27 heavy (non-hydrogen) atoms. The largest absolute Gasteiger partial charge is 0.341 e. The average molecular weight is 374 g/mol. The first-order chi connectivity index (χ1) is 13.2. The van der Waals surface area contributed by atoms with E-state index in [1.54, 1.807) is 12.1 Å². The molecule has 0 atom stereocenters. The predicted molar refractivity (Wildman–Crippen MR) is 108 cm³/mol. The van der Waals surface area contributed by atoms with E-state index in [0.717, 1.165) is 16.0 Å². The predicted octanol–water partition coefficient (Wildman–Crippen LogP) is 4.25. The summed E-state index contributed by atoms with van der Waals surface area (Å²) in [5.74, 6) is 0.180. The lowest BCUT2D eigenvalue weighted by atomic mass is 9.98. The van der Waals surface area contributed by atoms with Crippen molar-refractivity contribution in [2.24, 2.45) is 0 Å². The van der Waals surface area contributed by atoms with E-state index in [9.17, 15) is 9.59 Å². The monoisotopic (exact) mass is 374 g/mol. The van der Waals surface area contributed by atoms with E-state index >= 15 is 0 Å². The maximum absolute atomic E-state index is 12.9. The summed E-state index contributed by atoms with van der Waals surface area (Å²) in [6.45, 7) is 0. The van der Waals surface area contributed by atoms with Crippen molar-refractivity contribution >= 4 is 29.3 Å². The Kier molecular flexibility index (Phi) is 4.94. The van der Waals surface area contributed by atoms with Crippen LogP contribution in [0.25, 0.3) is 0 Å². The standard InChI is InChI=1S/C22H18N2O2S/c25-20-14-27-19-12-11-17(13-18(19)23-20)22(26)24-21(15-7-3-1-4-8-15)16-9-5-2-6-10-16/h1-13,21H,14H2,(H,23,25)(H,24,26). The Labute approximate surface area is 162 Å². The zero-order valence-corrected chi connectivity index (χ0v) is 15.3. The first-order valence-corrected chi connectivity index (χ1v) is 9.67. The molecule has 4 rings (SSSR count). The fourth-order valence-electron chi connectivity index (χ4n) is 3.09. The van der Waals surface area contributed by atoms with E-state index < -0.39 is 0 Å². The van der Waals surface area contributed by atoms with E-state index in [2.05, 4.69) is 10.6 Å². The summed E-state index contributed by atoms with van der Waals surface area (Å²) in [5, 5.41) is 5.96. The van der Waals surface area contributed by atoms with Gasteiger partial charge in [0.05, 0.1) is 17.5 Å². The number of amides is 2.